The highest BCUT2D eigenvalue weighted by Gasteiger charge is 2.12. The Hall–Kier alpha value is -4.33. The Morgan fingerprint density at radius 3 is 2.67 bits per heavy atom. The van der Waals surface area contributed by atoms with Gasteiger partial charge in [-0.1, -0.05) is 18.2 Å². The average molecular weight is 545 g/mol. The van der Waals surface area contributed by atoms with Crippen LogP contribution in [0.2, 0.25) is 0 Å². The van der Waals surface area contributed by atoms with E-state index in [-0.39, 0.29) is 5.82 Å². The molecule has 2 N–H and O–H groups in total. The second kappa shape index (κ2) is 13.6. The van der Waals surface area contributed by atoms with Crippen LogP contribution in [0.1, 0.15) is 5.56 Å². The quantitative estimate of drug-likeness (QED) is 0.240. The van der Waals surface area contributed by atoms with E-state index in [2.05, 4.69) is 40.4 Å². The number of nitrogens with zero attached hydrogens (tertiary/aromatic N) is 8. The van der Waals surface area contributed by atoms with Crippen LogP contribution in [0.25, 0.3) is 22.6 Å². The lowest BCUT2D eigenvalue weighted by Crippen LogP contribution is -2.38. The summed E-state index contributed by atoms with van der Waals surface area (Å²) in [6.45, 7) is 6.49. The number of benzene rings is 1. The number of hydrogen-bond donors (Lipinski definition) is 2. The van der Waals surface area contributed by atoms with Crippen molar-refractivity contribution in [3.8, 4) is 28.4 Å². The molecule has 1 aromatic carbocycles. The van der Waals surface area contributed by atoms with Crippen molar-refractivity contribution in [2.75, 3.05) is 58.5 Å². The molecule has 0 atom stereocenters. The van der Waals surface area contributed by atoms with Crippen molar-refractivity contribution < 1.29 is 14.2 Å². The van der Waals surface area contributed by atoms with E-state index in [1.807, 2.05) is 30.5 Å². The van der Waals surface area contributed by atoms with Gasteiger partial charge in [0.05, 0.1) is 56.8 Å². The van der Waals surface area contributed by atoms with Crippen molar-refractivity contribution in [3.63, 3.8) is 0 Å². The Balaban J connectivity index is 1.20. The third-order valence-corrected chi connectivity index (χ3v) is 6.37. The lowest BCUT2D eigenvalue weighted by molar-refractivity contribution is 0.0322. The van der Waals surface area contributed by atoms with Crippen LogP contribution in [0.3, 0.4) is 0 Å². The summed E-state index contributed by atoms with van der Waals surface area (Å²) >= 11 is 0. The minimum absolute atomic E-state index is 0.208. The van der Waals surface area contributed by atoms with E-state index in [0.29, 0.717) is 49.4 Å². The SMILES string of the molecule is COCCn1cc(-c2cnc(N=N)c(NCc3cccc(-c4ncc(OCCN5CCOCC5)cn4)c3)n2)cn1. The van der Waals surface area contributed by atoms with Crippen LogP contribution in [0, 0.1) is 5.53 Å². The van der Waals surface area contributed by atoms with Crippen molar-refractivity contribution in [1.82, 2.24) is 34.6 Å². The van der Waals surface area contributed by atoms with Crippen LogP contribution in [-0.2, 0) is 22.6 Å². The largest absolute Gasteiger partial charge is 0.489 e. The molecule has 1 saturated heterocycles. The van der Waals surface area contributed by atoms with Gasteiger partial charge in [0, 0.05) is 50.6 Å². The molecule has 0 radical (unpaired) electrons. The van der Waals surface area contributed by atoms with Gasteiger partial charge in [-0.15, -0.1) is 5.11 Å². The fourth-order valence-electron chi connectivity index (χ4n) is 4.19. The van der Waals surface area contributed by atoms with Crippen molar-refractivity contribution in [2.45, 2.75) is 13.1 Å². The molecule has 0 amide bonds. The molecule has 3 aromatic heterocycles. The molecule has 208 valence electrons. The van der Waals surface area contributed by atoms with E-state index in [9.17, 15) is 0 Å². The molecular weight excluding hydrogens is 512 g/mol. The van der Waals surface area contributed by atoms with Gasteiger partial charge in [0.25, 0.3) is 0 Å². The van der Waals surface area contributed by atoms with Gasteiger partial charge in [0.15, 0.2) is 17.4 Å². The summed E-state index contributed by atoms with van der Waals surface area (Å²) in [6, 6.07) is 7.92. The zero-order chi connectivity index (χ0) is 27.6. The first-order chi connectivity index (χ1) is 19.7. The third kappa shape index (κ3) is 7.20. The first-order valence-electron chi connectivity index (χ1n) is 13.1. The number of morpholine rings is 1. The second-order valence-electron chi connectivity index (χ2n) is 9.12. The Morgan fingerprint density at radius 2 is 1.88 bits per heavy atom. The zero-order valence-corrected chi connectivity index (χ0v) is 22.4. The van der Waals surface area contributed by atoms with Crippen molar-refractivity contribution in [3.05, 3.63) is 60.8 Å². The van der Waals surface area contributed by atoms with E-state index in [4.69, 9.17) is 19.7 Å². The number of nitrogens with one attached hydrogen (secondary N) is 2. The molecule has 1 aliphatic heterocycles. The van der Waals surface area contributed by atoms with Crippen LogP contribution in [0.15, 0.2) is 60.4 Å². The minimum atomic E-state index is 0.208. The fraction of sp³-hybridized carbons (Fsp3) is 0.370. The van der Waals surface area contributed by atoms with E-state index in [1.54, 1.807) is 36.6 Å². The molecule has 40 heavy (non-hydrogen) atoms. The van der Waals surface area contributed by atoms with Crippen molar-refractivity contribution >= 4 is 11.6 Å². The molecule has 13 heteroatoms. The predicted octanol–water partition coefficient (Wildman–Crippen LogP) is 3.43. The molecule has 4 aromatic rings. The highest BCUT2D eigenvalue weighted by molar-refractivity contribution is 5.64. The molecule has 13 nitrogen and oxygen atoms in total. The smallest absolute Gasteiger partial charge is 0.216 e. The number of ether oxygens (including phenoxy) is 3. The molecular formula is C27H32N10O3. The van der Waals surface area contributed by atoms with Crippen LogP contribution in [0.5, 0.6) is 5.75 Å². The Labute approximate surface area is 232 Å². The molecule has 0 aliphatic carbocycles. The normalized spacial score (nSPS) is 13.7. The van der Waals surface area contributed by atoms with Crippen LogP contribution >= 0.6 is 0 Å². The van der Waals surface area contributed by atoms with E-state index in [0.717, 1.165) is 49.5 Å². The summed E-state index contributed by atoms with van der Waals surface area (Å²) in [5.74, 6) is 1.87. The van der Waals surface area contributed by atoms with Crippen LogP contribution < -0.4 is 10.1 Å². The van der Waals surface area contributed by atoms with Crippen molar-refractivity contribution in [1.29, 1.82) is 5.53 Å². The third-order valence-electron chi connectivity index (χ3n) is 6.37. The Kier molecular flexibility index (Phi) is 9.29. The maximum Gasteiger partial charge on any atom is 0.216 e. The highest BCUT2D eigenvalue weighted by Crippen LogP contribution is 2.25. The summed E-state index contributed by atoms with van der Waals surface area (Å²) in [5.41, 5.74) is 10.8. The molecule has 0 saturated carbocycles. The van der Waals surface area contributed by atoms with E-state index < -0.39 is 0 Å². The fourth-order valence-corrected chi connectivity index (χ4v) is 4.19. The average Bonchev–Trinajstić information content (AvgIpc) is 3.49. The van der Waals surface area contributed by atoms with Crippen LogP contribution in [0.4, 0.5) is 11.6 Å². The van der Waals surface area contributed by atoms with Gasteiger partial charge in [-0.25, -0.2) is 25.5 Å². The second-order valence-corrected chi connectivity index (χ2v) is 9.12. The molecule has 4 heterocycles. The number of methoxy groups -OCH3 is 1. The first kappa shape index (κ1) is 27.2. The minimum Gasteiger partial charge on any atom is -0.489 e. The molecule has 5 rings (SSSR count). The lowest BCUT2D eigenvalue weighted by Gasteiger charge is -2.26. The Morgan fingerprint density at radius 1 is 1.02 bits per heavy atom. The van der Waals surface area contributed by atoms with Gasteiger partial charge in [0.2, 0.25) is 5.82 Å². The molecule has 0 spiro atoms. The molecule has 1 aliphatic rings. The van der Waals surface area contributed by atoms with E-state index >= 15 is 0 Å². The van der Waals surface area contributed by atoms with Gasteiger partial charge in [-0.3, -0.25) is 9.58 Å². The van der Waals surface area contributed by atoms with Gasteiger partial charge < -0.3 is 19.5 Å². The number of rotatable bonds is 13. The molecule has 1 fully saturated rings. The maximum atomic E-state index is 7.50. The number of aromatic nitrogens is 6. The molecule has 0 unspecified atom stereocenters. The van der Waals surface area contributed by atoms with Gasteiger partial charge in [-0.05, 0) is 11.6 Å². The zero-order valence-electron chi connectivity index (χ0n) is 22.4. The van der Waals surface area contributed by atoms with Crippen LogP contribution in [-0.4, -0.2) is 87.8 Å². The highest BCUT2D eigenvalue weighted by atomic mass is 16.5. The summed E-state index contributed by atoms with van der Waals surface area (Å²) in [6.07, 6.45) is 8.60. The Bertz CT molecular complexity index is 1390. The maximum absolute atomic E-state index is 7.50. The number of anilines is 1. The van der Waals surface area contributed by atoms with E-state index in [1.165, 1.54) is 0 Å². The van der Waals surface area contributed by atoms with Gasteiger partial charge >= 0.3 is 0 Å². The predicted molar refractivity (Wildman–Crippen MR) is 147 cm³/mol. The summed E-state index contributed by atoms with van der Waals surface area (Å²) in [5, 5.41) is 11.1. The topological polar surface area (TPSA) is 149 Å². The summed E-state index contributed by atoms with van der Waals surface area (Å²) in [7, 11) is 1.65. The van der Waals surface area contributed by atoms with Gasteiger partial charge in [0.1, 0.15) is 6.61 Å². The first-order valence-corrected chi connectivity index (χ1v) is 13.1. The summed E-state index contributed by atoms with van der Waals surface area (Å²) < 4.78 is 18.1. The van der Waals surface area contributed by atoms with Gasteiger partial charge in [-0.2, -0.15) is 5.10 Å². The standard InChI is InChI=1S/C27H32N10O3/c1-38-9-8-37-19-22(15-33-37)24-18-32-27(35-28)26(34-24)29-14-20-3-2-4-21(13-20)25-30-16-23(17-31-25)40-12-7-36-5-10-39-11-6-36/h2-4,13,15-19,28H,5-12,14H2,1H3,(H,29,34). The molecule has 0 bridgehead atoms. The lowest BCUT2D eigenvalue weighted by atomic mass is 10.1. The van der Waals surface area contributed by atoms with Crippen molar-refractivity contribution in [2.24, 2.45) is 5.11 Å². The number of hydrogen-bond acceptors (Lipinski definition) is 12. The monoisotopic (exact) mass is 544 g/mol. The summed E-state index contributed by atoms with van der Waals surface area (Å²) in [4.78, 5) is 20.3.